The Kier molecular flexibility index (Phi) is 17.5. The van der Waals surface area contributed by atoms with Crippen molar-refractivity contribution < 1.29 is 47.6 Å². The Morgan fingerprint density at radius 1 is 0.891 bits per heavy atom. The number of anilines is 1. The number of nitrogens with one attached hydrogen (secondary N) is 4. The van der Waals surface area contributed by atoms with Crippen LogP contribution in [0.5, 0.6) is 5.75 Å². The Balaban J connectivity index is 1.04. The molecule has 3 heterocycles. The first-order valence-corrected chi connectivity index (χ1v) is 20.8. The summed E-state index contributed by atoms with van der Waals surface area (Å²) in [5, 5.41) is 26.3. The Labute approximate surface area is 370 Å². The molecule has 19 heteroatoms. The van der Waals surface area contributed by atoms with Gasteiger partial charge in [-0.15, -0.1) is 0 Å². The smallest absolute Gasteiger partial charge is 0.407 e. The molecule has 5 aromatic rings. The molecule has 0 spiro atoms. The lowest BCUT2D eigenvalue weighted by Crippen LogP contribution is -2.56. The van der Waals surface area contributed by atoms with Gasteiger partial charge in [0.2, 0.25) is 11.8 Å². The van der Waals surface area contributed by atoms with E-state index in [2.05, 4.69) is 36.3 Å². The van der Waals surface area contributed by atoms with Crippen molar-refractivity contribution >= 4 is 40.6 Å². The molecule has 342 valence electrons. The third kappa shape index (κ3) is 15.0. The van der Waals surface area contributed by atoms with Gasteiger partial charge in [-0.2, -0.15) is 5.10 Å². The number of alkyl carbamates (subject to hydrolysis) is 1. The molecular formula is C45H56N8O11. The number of aliphatic hydroxyl groups is 1. The van der Waals surface area contributed by atoms with Crippen LogP contribution in [-0.4, -0.2) is 113 Å². The van der Waals surface area contributed by atoms with Crippen LogP contribution in [0.3, 0.4) is 0 Å². The van der Waals surface area contributed by atoms with E-state index in [1.54, 1.807) is 51.1 Å². The molecule has 64 heavy (non-hydrogen) atoms. The van der Waals surface area contributed by atoms with Crippen molar-refractivity contribution in [3.63, 3.8) is 0 Å². The van der Waals surface area contributed by atoms with E-state index in [1.807, 2.05) is 44.2 Å². The van der Waals surface area contributed by atoms with E-state index in [9.17, 15) is 29.1 Å². The average Bonchev–Trinajstić information content (AvgIpc) is 3.68. The number of oxazole rings is 1. The zero-order chi connectivity index (χ0) is 46.2. The van der Waals surface area contributed by atoms with Gasteiger partial charge in [-0.25, -0.2) is 19.4 Å². The summed E-state index contributed by atoms with van der Waals surface area (Å²) < 4.78 is 28.8. The second-order valence-corrected chi connectivity index (χ2v) is 16.1. The number of nitrogens with zero attached hydrogens (tertiary/aromatic N) is 4. The fraction of sp³-hybridized carbons (Fsp3) is 0.422. The molecule has 0 bridgehead atoms. The van der Waals surface area contributed by atoms with Crippen LogP contribution in [0.4, 0.5) is 10.5 Å². The normalized spacial score (nSPS) is 12.9. The van der Waals surface area contributed by atoms with Gasteiger partial charge in [0.25, 0.3) is 17.4 Å². The van der Waals surface area contributed by atoms with Gasteiger partial charge in [0.1, 0.15) is 34.3 Å². The molecule has 0 saturated carbocycles. The molecule has 4 amide bonds. The maximum atomic E-state index is 13.3. The van der Waals surface area contributed by atoms with Gasteiger partial charge in [0, 0.05) is 18.3 Å². The number of hydrogen-bond donors (Lipinski definition) is 5. The van der Waals surface area contributed by atoms with Gasteiger partial charge in [0.15, 0.2) is 11.7 Å². The monoisotopic (exact) mass is 884 g/mol. The SMILES string of the molecule is COc1ccc(C(=O)Nc2ccc3oc(-c4ccc(=O)n(CCOCCOCCNC(=O)C(CC(C)C)NC(=O)C(O)C(Cc5ccccc5)NC(=O)OC(C)(C)C)n4)nc3c2)nc1. The maximum Gasteiger partial charge on any atom is 0.407 e. The predicted molar refractivity (Wildman–Crippen MR) is 236 cm³/mol. The third-order valence-corrected chi connectivity index (χ3v) is 9.29. The average molecular weight is 885 g/mol. The van der Waals surface area contributed by atoms with Crippen molar-refractivity contribution in [3.8, 4) is 17.3 Å². The number of rotatable bonds is 22. The minimum atomic E-state index is -1.69. The van der Waals surface area contributed by atoms with Gasteiger partial charge in [-0.1, -0.05) is 44.2 Å². The minimum Gasteiger partial charge on any atom is -0.495 e. The molecule has 0 aliphatic rings. The van der Waals surface area contributed by atoms with E-state index in [0.29, 0.717) is 34.7 Å². The summed E-state index contributed by atoms with van der Waals surface area (Å²) in [5.74, 6) is -0.942. The molecule has 0 aliphatic heterocycles. The molecule has 19 nitrogen and oxygen atoms in total. The number of pyridine rings is 1. The number of ether oxygens (including phenoxy) is 4. The summed E-state index contributed by atoms with van der Waals surface area (Å²) >= 11 is 0. The predicted octanol–water partition coefficient (Wildman–Crippen LogP) is 3.88. The highest BCUT2D eigenvalue weighted by molar-refractivity contribution is 6.03. The lowest BCUT2D eigenvalue weighted by molar-refractivity contribution is -0.135. The topological polar surface area (TPSA) is 247 Å². The minimum absolute atomic E-state index is 0.0258. The van der Waals surface area contributed by atoms with Crippen LogP contribution in [0.15, 0.2) is 88.2 Å². The lowest BCUT2D eigenvalue weighted by Gasteiger charge is -2.28. The summed E-state index contributed by atoms with van der Waals surface area (Å²) in [5.41, 5.74) is 1.56. The van der Waals surface area contributed by atoms with Crippen LogP contribution in [0.1, 0.15) is 57.1 Å². The summed E-state index contributed by atoms with van der Waals surface area (Å²) in [6, 6.07) is 18.1. The second kappa shape index (κ2) is 23.1. The highest BCUT2D eigenvalue weighted by Gasteiger charge is 2.32. The van der Waals surface area contributed by atoms with Gasteiger partial charge in [-0.05, 0) is 81.5 Å². The van der Waals surface area contributed by atoms with Crippen LogP contribution in [0.2, 0.25) is 0 Å². The van der Waals surface area contributed by atoms with Crippen LogP contribution < -0.4 is 31.6 Å². The van der Waals surface area contributed by atoms with E-state index < -0.39 is 47.6 Å². The van der Waals surface area contributed by atoms with Gasteiger partial charge in [0.05, 0.1) is 52.3 Å². The number of amides is 4. The summed E-state index contributed by atoms with van der Waals surface area (Å²) in [4.78, 5) is 73.0. The first kappa shape index (κ1) is 48.3. The van der Waals surface area contributed by atoms with Gasteiger partial charge < -0.3 is 49.7 Å². The second-order valence-electron chi connectivity index (χ2n) is 16.1. The van der Waals surface area contributed by atoms with E-state index in [-0.39, 0.29) is 69.0 Å². The van der Waals surface area contributed by atoms with Crippen molar-refractivity contribution in [2.75, 3.05) is 45.4 Å². The quantitative estimate of drug-likeness (QED) is 0.0620. The molecule has 5 rings (SSSR count). The number of fused-ring (bicyclic) bond motifs is 1. The van der Waals surface area contributed by atoms with Crippen LogP contribution in [-0.2, 0) is 36.8 Å². The third-order valence-electron chi connectivity index (χ3n) is 9.29. The first-order chi connectivity index (χ1) is 30.6. The van der Waals surface area contributed by atoms with Gasteiger partial charge in [-0.3, -0.25) is 19.2 Å². The number of benzene rings is 2. The molecular weight excluding hydrogens is 829 g/mol. The Hall–Kier alpha value is -6.70. The number of aromatic nitrogens is 4. The summed E-state index contributed by atoms with van der Waals surface area (Å²) in [7, 11) is 1.51. The highest BCUT2D eigenvalue weighted by atomic mass is 16.6. The van der Waals surface area contributed by atoms with E-state index >= 15 is 0 Å². The summed E-state index contributed by atoms with van der Waals surface area (Å²) in [6.07, 6.45) is -0.589. The molecule has 0 fully saturated rings. The van der Waals surface area contributed by atoms with E-state index in [1.165, 1.54) is 30.1 Å². The molecule has 0 saturated heterocycles. The number of methoxy groups -OCH3 is 1. The Morgan fingerprint density at radius 2 is 1.64 bits per heavy atom. The highest BCUT2D eigenvalue weighted by Crippen LogP contribution is 2.25. The molecule has 5 N–H and O–H groups in total. The zero-order valence-electron chi connectivity index (χ0n) is 36.8. The lowest BCUT2D eigenvalue weighted by atomic mass is 9.99. The number of aliphatic hydroxyl groups excluding tert-OH is 1. The summed E-state index contributed by atoms with van der Waals surface area (Å²) in [6.45, 7) is 9.91. The zero-order valence-corrected chi connectivity index (χ0v) is 36.8. The first-order valence-electron chi connectivity index (χ1n) is 20.8. The van der Waals surface area contributed by atoms with Crippen molar-refractivity contribution in [1.82, 2.24) is 35.7 Å². The van der Waals surface area contributed by atoms with Crippen LogP contribution >= 0.6 is 0 Å². The van der Waals surface area contributed by atoms with Crippen molar-refractivity contribution in [2.24, 2.45) is 5.92 Å². The molecule has 0 radical (unpaired) electrons. The van der Waals surface area contributed by atoms with E-state index in [0.717, 1.165) is 5.56 Å². The maximum absolute atomic E-state index is 13.3. The van der Waals surface area contributed by atoms with Crippen molar-refractivity contribution in [3.05, 3.63) is 101 Å². The van der Waals surface area contributed by atoms with Gasteiger partial charge >= 0.3 is 6.09 Å². The number of carbonyl (C=O) groups is 4. The Bertz CT molecular complexity index is 2380. The number of carbonyl (C=O) groups excluding carboxylic acids is 4. The number of hydrogen-bond acceptors (Lipinski definition) is 14. The molecule has 0 aliphatic carbocycles. The van der Waals surface area contributed by atoms with Crippen LogP contribution in [0.25, 0.3) is 22.7 Å². The molecule has 3 unspecified atom stereocenters. The Morgan fingerprint density at radius 3 is 2.33 bits per heavy atom. The fourth-order valence-electron chi connectivity index (χ4n) is 6.22. The molecule has 2 aromatic carbocycles. The standard InChI is InChI=1S/C45H56N8O11/c1-28(2)24-36(49-42(58)39(55)35(25-29-10-8-7-9-11-29)51-44(59)64-45(3,4)5)40(56)46-18-20-61-22-23-62-21-19-53-38(54)17-15-33(52-53)43-50-34-26-30(12-16-37(34)63-43)48-41(57)32-14-13-31(60-6)27-47-32/h7-17,26-28,35-36,39,55H,18-25H2,1-6H3,(H,46,56)(H,48,57)(H,49,58)(H,51,59). The molecule has 3 atom stereocenters. The largest absolute Gasteiger partial charge is 0.495 e. The van der Waals surface area contributed by atoms with E-state index in [4.69, 9.17) is 23.4 Å². The fourth-order valence-corrected chi connectivity index (χ4v) is 6.22. The van der Waals surface area contributed by atoms with Crippen molar-refractivity contribution in [1.29, 1.82) is 0 Å². The van der Waals surface area contributed by atoms with Crippen LogP contribution in [0, 0.1) is 5.92 Å². The van der Waals surface area contributed by atoms with Crippen molar-refractivity contribution in [2.45, 2.75) is 77.8 Å². The molecule has 3 aromatic heterocycles.